The summed E-state index contributed by atoms with van der Waals surface area (Å²) < 4.78 is 6.26. The first-order valence-corrected chi connectivity index (χ1v) is 7.32. The smallest absolute Gasteiger partial charge is 0.250 e. The zero-order valence-electron chi connectivity index (χ0n) is 11.9. The minimum absolute atomic E-state index is 0.329. The molecule has 106 valence electrons. The van der Waals surface area contributed by atoms with Crippen LogP contribution in [0.2, 0.25) is 0 Å². The van der Waals surface area contributed by atoms with Gasteiger partial charge in [-0.3, -0.25) is 0 Å². The van der Waals surface area contributed by atoms with Crippen LogP contribution in [0.15, 0.2) is 27.2 Å². The highest BCUT2D eigenvalue weighted by Gasteiger charge is 2.07. The van der Waals surface area contributed by atoms with E-state index in [1.165, 1.54) is 5.56 Å². The van der Waals surface area contributed by atoms with Crippen LogP contribution in [-0.4, -0.2) is 23.2 Å². The van der Waals surface area contributed by atoms with Crippen LogP contribution in [-0.2, 0) is 6.42 Å². The van der Waals surface area contributed by atoms with Crippen LogP contribution in [0.4, 0.5) is 0 Å². The van der Waals surface area contributed by atoms with E-state index in [-0.39, 0.29) is 0 Å². The predicted octanol–water partition coefficient (Wildman–Crippen LogP) is 3.46. The molecule has 0 amide bonds. The van der Waals surface area contributed by atoms with Crippen molar-refractivity contribution in [2.75, 3.05) is 7.05 Å². The molecule has 0 bridgehead atoms. The van der Waals surface area contributed by atoms with E-state index >= 15 is 0 Å². The van der Waals surface area contributed by atoms with E-state index in [1.54, 1.807) is 0 Å². The van der Waals surface area contributed by atoms with Crippen LogP contribution >= 0.6 is 15.9 Å². The van der Waals surface area contributed by atoms with Crippen molar-refractivity contribution in [3.8, 4) is 0 Å². The first-order valence-electron chi connectivity index (χ1n) is 6.52. The van der Waals surface area contributed by atoms with Crippen molar-refractivity contribution in [2.45, 2.75) is 26.3 Å². The molecule has 0 saturated carbocycles. The third-order valence-corrected chi connectivity index (χ3v) is 3.71. The molecule has 2 aromatic rings. The summed E-state index contributed by atoms with van der Waals surface area (Å²) in [7, 11) is 1.92. The Morgan fingerprint density at radius 1 is 1.40 bits per heavy atom. The molecule has 1 aromatic carbocycles. The van der Waals surface area contributed by atoms with Crippen molar-refractivity contribution in [2.24, 2.45) is 0 Å². The molecule has 20 heavy (non-hydrogen) atoms. The second-order valence-electron chi connectivity index (χ2n) is 4.80. The summed E-state index contributed by atoms with van der Waals surface area (Å²) in [5.41, 5.74) is 2.30. The van der Waals surface area contributed by atoms with Gasteiger partial charge in [0.2, 0.25) is 0 Å². The molecule has 1 aromatic heterocycles. The molecular formula is C15H18BrN3O. The second-order valence-corrected chi connectivity index (χ2v) is 5.66. The van der Waals surface area contributed by atoms with Crippen LogP contribution in [0.1, 0.15) is 29.8 Å². The lowest BCUT2D eigenvalue weighted by molar-refractivity contribution is 0.400. The first kappa shape index (κ1) is 14.9. The lowest BCUT2D eigenvalue weighted by Gasteiger charge is -2.04. The molecule has 1 heterocycles. The Hall–Kier alpha value is -1.46. The molecular weight excluding hydrogens is 318 g/mol. The number of aromatic nitrogens is 2. The minimum atomic E-state index is 0.329. The summed E-state index contributed by atoms with van der Waals surface area (Å²) in [6.07, 6.45) is 4.54. The van der Waals surface area contributed by atoms with Gasteiger partial charge in [-0.2, -0.15) is 4.98 Å². The monoisotopic (exact) mass is 335 g/mol. The standard InChI is InChI=1S/C15H18BrN3O/c1-10-4-5-12(13(16)8-10)6-7-15-18-14(19-20-15)9-11(2)17-3/h4-8,11,17H,9H2,1-3H3/b7-6+. The van der Waals surface area contributed by atoms with E-state index in [9.17, 15) is 0 Å². The molecule has 2 rings (SSSR count). The van der Waals surface area contributed by atoms with Gasteiger partial charge >= 0.3 is 0 Å². The van der Waals surface area contributed by atoms with Crippen LogP contribution < -0.4 is 5.32 Å². The quantitative estimate of drug-likeness (QED) is 0.908. The summed E-state index contributed by atoms with van der Waals surface area (Å²) in [5, 5.41) is 7.11. The molecule has 0 fully saturated rings. The number of nitrogens with zero attached hydrogens (tertiary/aromatic N) is 2. The Bertz CT molecular complexity index is 607. The number of benzene rings is 1. The van der Waals surface area contributed by atoms with Gasteiger partial charge in [-0.25, -0.2) is 0 Å². The minimum Gasteiger partial charge on any atom is -0.335 e. The molecule has 1 unspecified atom stereocenters. The van der Waals surface area contributed by atoms with Gasteiger partial charge < -0.3 is 9.84 Å². The fourth-order valence-corrected chi connectivity index (χ4v) is 2.35. The van der Waals surface area contributed by atoms with Gasteiger partial charge in [0, 0.05) is 23.0 Å². The summed E-state index contributed by atoms with van der Waals surface area (Å²) in [5.74, 6) is 1.24. The van der Waals surface area contributed by atoms with Crippen LogP contribution in [0.5, 0.6) is 0 Å². The number of halogens is 1. The van der Waals surface area contributed by atoms with Crippen molar-refractivity contribution in [1.29, 1.82) is 0 Å². The lowest BCUT2D eigenvalue weighted by atomic mass is 10.1. The Morgan fingerprint density at radius 2 is 2.20 bits per heavy atom. The van der Waals surface area contributed by atoms with Gasteiger partial charge in [-0.15, -0.1) is 0 Å². The molecule has 0 spiro atoms. The molecule has 0 aliphatic heterocycles. The van der Waals surface area contributed by atoms with Crippen molar-refractivity contribution >= 4 is 28.1 Å². The Balaban J connectivity index is 2.08. The van der Waals surface area contributed by atoms with E-state index in [0.717, 1.165) is 22.3 Å². The largest absolute Gasteiger partial charge is 0.335 e. The molecule has 0 aliphatic carbocycles. The van der Waals surface area contributed by atoms with Gasteiger partial charge in [-0.1, -0.05) is 33.2 Å². The molecule has 1 N–H and O–H groups in total. The maximum absolute atomic E-state index is 5.20. The zero-order chi connectivity index (χ0) is 14.5. The van der Waals surface area contributed by atoms with Crippen molar-refractivity contribution in [1.82, 2.24) is 15.5 Å². The highest BCUT2D eigenvalue weighted by atomic mass is 79.9. The fraction of sp³-hybridized carbons (Fsp3) is 0.333. The predicted molar refractivity (Wildman–Crippen MR) is 84.3 cm³/mol. The summed E-state index contributed by atoms with van der Waals surface area (Å²) in [4.78, 5) is 4.34. The molecule has 5 heteroatoms. The SMILES string of the molecule is CNC(C)Cc1noc(/C=C/c2ccc(C)cc2Br)n1. The van der Waals surface area contributed by atoms with Crippen molar-refractivity contribution in [3.05, 3.63) is 45.5 Å². The molecule has 4 nitrogen and oxygen atoms in total. The van der Waals surface area contributed by atoms with Crippen molar-refractivity contribution in [3.63, 3.8) is 0 Å². The normalized spacial score (nSPS) is 13.0. The summed E-state index contributed by atoms with van der Waals surface area (Å²) in [6.45, 7) is 4.14. The lowest BCUT2D eigenvalue weighted by Crippen LogP contribution is -2.24. The number of aryl methyl sites for hydroxylation is 1. The zero-order valence-corrected chi connectivity index (χ0v) is 13.4. The number of hydrogen-bond donors (Lipinski definition) is 1. The van der Waals surface area contributed by atoms with E-state index in [0.29, 0.717) is 11.9 Å². The third kappa shape index (κ3) is 4.02. The number of likely N-dealkylation sites (N-methyl/N-ethyl adjacent to an activating group) is 1. The third-order valence-electron chi connectivity index (χ3n) is 3.03. The summed E-state index contributed by atoms with van der Waals surface area (Å²) in [6, 6.07) is 6.53. The highest BCUT2D eigenvalue weighted by Crippen LogP contribution is 2.20. The molecule has 0 radical (unpaired) electrons. The fourth-order valence-electron chi connectivity index (χ4n) is 1.72. The van der Waals surface area contributed by atoms with Crippen LogP contribution in [0, 0.1) is 6.92 Å². The van der Waals surface area contributed by atoms with Gasteiger partial charge in [0.1, 0.15) is 0 Å². The second kappa shape index (κ2) is 6.81. The average molecular weight is 336 g/mol. The Morgan fingerprint density at radius 3 is 2.90 bits per heavy atom. The summed E-state index contributed by atoms with van der Waals surface area (Å²) >= 11 is 3.54. The van der Waals surface area contributed by atoms with E-state index < -0.39 is 0 Å². The maximum Gasteiger partial charge on any atom is 0.250 e. The van der Waals surface area contributed by atoms with E-state index in [4.69, 9.17) is 4.52 Å². The van der Waals surface area contributed by atoms with Gasteiger partial charge in [-0.05, 0) is 44.2 Å². The van der Waals surface area contributed by atoms with Gasteiger partial charge in [0.15, 0.2) is 5.82 Å². The van der Waals surface area contributed by atoms with Crippen molar-refractivity contribution < 1.29 is 4.52 Å². The van der Waals surface area contributed by atoms with E-state index in [2.05, 4.69) is 63.4 Å². The molecule has 1 atom stereocenters. The number of hydrogen-bond acceptors (Lipinski definition) is 4. The molecule has 0 saturated heterocycles. The average Bonchev–Trinajstić information content (AvgIpc) is 2.85. The molecule has 0 aliphatic rings. The van der Waals surface area contributed by atoms with Crippen LogP contribution in [0.25, 0.3) is 12.2 Å². The Labute approximate surface area is 127 Å². The van der Waals surface area contributed by atoms with Crippen LogP contribution in [0.3, 0.4) is 0 Å². The first-order chi connectivity index (χ1) is 9.58. The maximum atomic E-state index is 5.20. The number of nitrogens with one attached hydrogen (secondary N) is 1. The topological polar surface area (TPSA) is 51.0 Å². The Kier molecular flexibility index (Phi) is 5.09. The van der Waals surface area contributed by atoms with Gasteiger partial charge in [0.25, 0.3) is 5.89 Å². The number of rotatable bonds is 5. The highest BCUT2D eigenvalue weighted by molar-refractivity contribution is 9.10. The van der Waals surface area contributed by atoms with Gasteiger partial charge in [0.05, 0.1) is 0 Å². The van der Waals surface area contributed by atoms with E-state index in [1.807, 2.05) is 19.2 Å².